The molecule has 0 saturated carbocycles. The van der Waals surface area contributed by atoms with E-state index >= 15 is 0 Å². The molecule has 148 valence electrons. The number of aromatic nitrogens is 1. The molecule has 0 aliphatic heterocycles. The summed E-state index contributed by atoms with van der Waals surface area (Å²) in [6, 6.07) is 5.83. The Morgan fingerprint density at radius 1 is 1.14 bits per heavy atom. The first-order valence-corrected chi connectivity index (χ1v) is 9.46. The minimum Gasteiger partial charge on any atom is -0.482 e. The molecule has 0 radical (unpaired) electrons. The van der Waals surface area contributed by atoms with Gasteiger partial charge in [-0.15, -0.1) is 0 Å². The van der Waals surface area contributed by atoms with Crippen molar-refractivity contribution in [2.75, 3.05) is 6.61 Å². The Kier molecular flexibility index (Phi) is 5.68. The minimum atomic E-state index is -0.979. The first-order chi connectivity index (χ1) is 13.3. The maximum Gasteiger partial charge on any atom is 0.344 e. The third-order valence-corrected chi connectivity index (χ3v) is 5.14. The first kappa shape index (κ1) is 19.9. The highest BCUT2D eigenvalue weighted by Gasteiger charge is 2.26. The lowest BCUT2D eigenvalue weighted by atomic mass is 10.0. The molecule has 6 nitrogen and oxygen atoms in total. The van der Waals surface area contributed by atoms with Gasteiger partial charge in [-0.2, -0.15) is 0 Å². The van der Waals surface area contributed by atoms with Crippen LogP contribution in [0.1, 0.15) is 63.5 Å². The van der Waals surface area contributed by atoms with Crippen LogP contribution >= 0.6 is 0 Å². The predicted octanol–water partition coefficient (Wildman–Crippen LogP) is 3.52. The second-order valence-corrected chi connectivity index (χ2v) is 7.25. The summed E-state index contributed by atoms with van der Waals surface area (Å²) < 4.78 is 10.7. The van der Waals surface area contributed by atoms with Crippen LogP contribution in [0, 0.1) is 13.8 Å². The standard InChI is InChI=1S/C22H25NO5/c1-12-20(14(3)24)13(2)23-21(12)22(26)15(4)28-19(25)11-27-18-9-8-16-6-5-7-17(16)10-18/h8-10,15,23H,5-7,11H2,1-4H3/t15-/m0/s1. The van der Waals surface area contributed by atoms with E-state index in [4.69, 9.17) is 9.47 Å². The quantitative estimate of drug-likeness (QED) is 0.584. The predicted molar refractivity (Wildman–Crippen MR) is 104 cm³/mol. The highest BCUT2D eigenvalue weighted by atomic mass is 16.6. The summed E-state index contributed by atoms with van der Waals surface area (Å²) in [5.41, 5.74) is 4.59. The van der Waals surface area contributed by atoms with Gasteiger partial charge in [0.25, 0.3) is 0 Å². The van der Waals surface area contributed by atoms with Crippen molar-refractivity contribution in [3.05, 3.63) is 51.8 Å². The number of esters is 1. The van der Waals surface area contributed by atoms with Gasteiger partial charge in [0.1, 0.15) is 5.75 Å². The van der Waals surface area contributed by atoms with Crippen LogP contribution in [0.3, 0.4) is 0 Å². The Morgan fingerprint density at radius 3 is 2.54 bits per heavy atom. The Morgan fingerprint density at radius 2 is 1.86 bits per heavy atom. The van der Waals surface area contributed by atoms with Crippen molar-refractivity contribution in [3.63, 3.8) is 0 Å². The zero-order valence-corrected chi connectivity index (χ0v) is 16.7. The molecule has 1 N–H and O–H groups in total. The lowest BCUT2D eigenvalue weighted by Crippen LogP contribution is -2.28. The number of fused-ring (bicyclic) bond motifs is 1. The van der Waals surface area contributed by atoms with E-state index in [1.165, 1.54) is 25.0 Å². The number of rotatable bonds is 7. The van der Waals surface area contributed by atoms with Gasteiger partial charge in [-0.05, 0) is 75.8 Å². The molecule has 1 aliphatic rings. The molecular weight excluding hydrogens is 358 g/mol. The van der Waals surface area contributed by atoms with E-state index in [1.54, 1.807) is 13.8 Å². The molecule has 0 amide bonds. The van der Waals surface area contributed by atoms with Crippen LogP contribution < -0.4 is 4.74 Å². The van der Waals surface area contributed by atoms with Gasteiger partial charge >= 0.3 is 5.97 Å². The number of nitrogens with one attached hydrogen (secondary N) is 1. The number of aryl methyl sites for hydroxylation is 3. The molecule has 1 heterocycles. The number of ether oxygens (including phenoxy) is 2. The van der Waals surface area contributed by atoms with Crippen LogP contribution in [0.5, 0.6) is 5.75 Å². The fourth-order valence-electron chi connectivity index (χ4n) is 3.79. The molecule has 2 aromatic rings. The summed E-state index contributed by atoms with van der Waals surface area (Å²) >= 11 is 0. The van der Waals surface area contributed by atoms with Gasteiger partial charge in [0.2, 0.25) is 5.78 Å². The SMILES string of the molecule is CC(=O)c1c(C)[nH]c(C(=O)[C@H](C)OC(=O)COc2ccc3c(c2)CCC3)c1C. The van der Waals surface area contributed by atoms with Gasteiger partial charge in [-0.3, -0.25) is 9.59 Å². The fourth-order valence-corrected chi connectivity index (χ4v) is 3.79. The van der Waals surface area contributed by atoms with Crippen molar-refractivity contribution in [2.24, 2.45) is 0 Å². The molecule has 0 unspecified atom stereocenters. The number of Topliss-reactive ketones (excluding diaryl/α,β-unsaturated/α-hetero) is 2. The number of carbonyl (C=O) groups excluding carboxylic acids is 3. The van der Waals surface area contributed by atoms with Crippen molar-refractivity contribution in [3.8, 4) is 5.75 Å². The molecule has 0 saturated heterocycles. The normalized spacial score (nSPS) is 13.7. The minimum absolute atomic E-state index is 0.113. The molecule has 28 heavy (non-hydrogen) atoms. The Balaban J connectivity index is 1.59. The molecule has 1 atom stereocenters. The van der Waals surface area contributed by atoms with Crippen LogP contribution in [0.4, 0.5) is 0 Å². The maximum absolute atomic E-state index is 12.6. The number of hydrogen-bond acceptors (Lipinski definition) is 5. The van der Waals surface area contributed by atoms with Gasteiger partial charge in [0.15, 0.2) is 18.5 Å². The molecule has 0 bridgehead atoms. The molecule has 6 heteroatoms. The van der Waals surface area contributed by atoms with Crippen molar-refractivity contribution in [2.45, 2.75) is 53.1 Å². The molecular formula is C22H25NO5. The fraction of sp³-hybridized carbons (Fsp3) is 0.409. The van der Waals surface area contributed by atoms with Crippen molar-refractivity contribution < 1.29 is 23.9 Å². The summed E-state index contributed by atoms with van der Waals surface area (Å²) in [6.45, 7) is 6.15. The average molecular weight is 383 g/mol. The van der Waals surface area contributed by atoms with E-state index in [2.05, 4.69) is 4.98 Å². The highest BCUT2D eigenvalue weighted by molar-refractivity contribution is 6.05. The van der Waals surface area contributed by atoms with Crippen LogP contribution in [-0.4, -0.2) is 35.2 Å². The Bertz CT molecular complexity index is 941. The average Bonchev–Trinajstić information content (AvgIpc) is 3.22. The number of hydrogen-bond donors (Lipinski definition) is 1. The van der Waals surface area contributed by atoms with Gasteiger partial charge in [-0.1, -0.05) is 6.07 Å². The number of ketones is 2. The van der Waals surface area contributed by atoms with E-state index in [-0.39, 0.29) is 18.2 Å². The lowest BCUT2D eigenvalue weighted by Gasteiger charge is -2.13. The highest BCUT2D eigenvalue weighted by Crippen LogP contribution is 2.26. The number of aromatic amines is 1. The van der Waals surface area contributed by atoms with Gasteiger partial charge in [0, 0.05) is 11.3 Å². The maximum atomic E-state index is 12.6. The third-order valence-electron chi connectivity index (χ3n) is 5.14. The third kappa shape index (κ3) is 4.01. The summed E-state index contributed by atoms with van der Waals surface area (Å²) in [5.74, 6) is -0.482. The molecule has 0 spiro atoms. The summed E-state index contributed by atoms with van der Waals surface area (Å²) in [6.07, 6.45) is 2.27. The van der Waals surface area contributed by atoms with Crippen LogP contribution in [0.2, 0.25) is 0 Å². The second kappa shape index (κ2) is 8.00. The Labute approximate surface area is 164 Å². The molecule has 0 fully saturated rings. The summed E-state index contributed by atoms with van der Waals surface area (Å²) in [7, 11) is 0. The van der Waals surface area contributed by atoms with E-state index in [0.29, 0.717) is 28.3 Å². The van der Waals surface area contributed by atoms with Gasteiger partial charge in [0.05, 0.1) is 5.69 Å². The van der Waals surface area contributed by atoms with Crippen molar-refractivity contribution in [1.82, 2.24) is 4.98 Å². The number of H-pyrrole nitrogens is 1. The largest absolute Gasteiger partial charge is 0.482 e. The number of benzene rings is 1. The first-order valence-electron chi connectivity index (χ1n) is 9.46. The smallest absolute Gasteiger partial charge is 0.344 e. The van der Waals surface area contributed by atoms with E-state index in [9.17, 15) is 14.4 Å². The zero-order valence-electron chi connectivity index (χ0n) is 16.7. The molecule has 1 aliphatic carbocycles. The van der Waals surface area contributed by atoms with Crippen molar-refractivity contribution in [1.29, 1.82) is 0 Å². The molecule has 1 aromatic carbocycles. The van der Waals surface area contributed by atoms with Crippen LogP contribution in [-0.2, 0) is 22.4 Å². The molecule has 3 rings (SSSR count). The molecule has 1 aromatic heterocycles. The lowest BCUT2D eigenvalue weighted by molar-refractivity contribution is -0.148. The van der Waals surface area contributed by atoms with Crippen LogP contribution in [0.15, 0.2) is 18.2 Å². The Hall–Kier alpha value is -2.89. The van der Waals surface area contributed by atoms with Gasteiger partial charge < -0.3 is 14.5 Å². The van der Waals surface area contributed by atoms with Gasteiger partial charge in [-0.25, -0.2) is 4.79 Å². The van der Waals surface area contributed by atoms with E-state index in [0.717, 1.165) is 19.3 Å². The summed E-state index contributed by atoms with van der Waals surface area (Å²) in [5, 5.41) is 0. The van der Waals surface area contributed by atoms with E-state index < -0.39 is 12.1 Å². The van der Waals surface area contributed by atoms with Crippen LogP contribution in [0.25, 0.3) is 0 Å². The van der Waals surface area contributed by atoms with E-state index in [1.807, 2.05) is 18.2 Å². The number of carbonyl (C=O) groups is 3. The van der Waals surface area contributed by atoms with Crippen molar-refractivity contribution >= 4 is 17.5 Å². The second-order valence-electron chi connectivity index (χ2n) is 7.25. The topological polar surface area (TPSA) is 85.5 Å². The summed E-state index contributed by atoms with van der Waals surface area (Å²) in [4.78, 5) is 39.4. The zero-order chi connectivity index (χ0) is 20.4. The monoisotopic (exact) mass is 383 g/mol.